The molecule has 0 aliphatic carbocycles. The van der Waals surface area contributed by atoms with Crippen LogP contribution in [0.15, 0.2) is 60.3 Å². The molecule has 2 N–H and O–H groups in total. The van der Waals surface area contributed by atoms with Crippen LogP contribution in [0.2, 0.25) is 0 Å². The Morgan fingerprint density at radius 2 is 1.70 bits per heavy atom. The Kier molecular flexibility index (Phi) is 8.12. The molecule has 0 bridgehead atoms. The van der Waals surface area contributed by atoms with Crippen molar-refractivity contribution in [1.29, 1.82) is 5.26 Å². The Labute approximate surface area is 161 Å². The third-order valence-electron chi connectivity index (χ3n) is 4.48. The van der Waals surface area contributed by atoms with Gasteiger partial charge < -0.3 is 10.6 Å². The third kappa shape index (κ3) is 6.00. The number of benzene rings is 2. The Morgan fingerprint density at radius 3 is 2.30 bits per heavy atom. The molecule has 27 heavy (non-hydrogen) atoms. The van der Waals surface area contributed by atoms with Crippen molar-refractivity contribution >= 4 is 11.6 Å². The SMILES string of the molecule is CCc1cccc(CC)c1NC(=O)/C(C#N)=C\NCCCc1ccccc1. The second-order valence-corrected chi connectivity index (χ2v) is 6.33. The van der Waals surface area contributed by atoms with Gasteiger partial charge in [0, 0.05) is 18.4 Å². The van der Waals surface area contributed by atoms with Crippen molar-refractivity contribution in [2.24, 2.45) is 0 Å². The molecule has 4 nitrogen and oxygen atoms in total. The monoisotopic (exact) mass is 361 g/mol. The van der Waals surface area contributed by atoms with Crippen molar-refractivity contribution in [2.75, 3.05) is 11.9 Å². The molecule has 2 rings (SSSR count). The summed E-state index contributed by atoms with van der Waals surface area (Å²) >= 11 is 0. The molecule has 0 heterocycles. The Morgan fingerprint density at radius 1 is 1.04 bits per heavy atom. The lowest BCUT2D eigenvalue weighted by Crippen LogP contribution is -2.19. The normalized spacial score (nSPS) is 10.9. The first-order valence-electron chi connectivity index (χ1n) is 9.49. The fraction of sp³-hybridized carbons (Fsp3) is 0.304. The predicted molar refractivity (Wildman–Crippen MR) is 110 cm³/mol. The van der Waals surface area contributed by atoms with E-state index in [4.69, 9.17) is 0 Å². The van der Waals surface area contributed by atoms with Crippen LogP contribution >= 0.6 is 0 Å². The molecule has 1 amide bonds. The minimum atomic E-state index is -0.372. The summed E-state index contributed by atoms with van der Waals surface area (Å²) in [5.41, 5.74) is 4.36. The largest absolute Gasteiger partial charge is 0.390 e. The van der Waals surface area contributed by atoms with Gasteiger partial charge in [0.05, 0.1) is 0 Å². The van der Waals surface area contributed by atoms with E-state index in [0.717, 1.165) is 42.5 Å². The summed E-state index contributed by atoms with van der Waals surface area (Å²) in [6.07, 6.45) is 5.05. The number of nitrogens with one attached hydrogen (secondary N) is 2. The summed E-state index contributed by atoms with van der Waals surface area (Å²) < 4.78 is 0. The summed E-state index contributed by atoms with van der Waals surface area (Å²) in [5.74, 6) is -0.372. The molecular formula is C23H27N3O. The number of anilines is 1. The highest BCUT2D eigenvalue weighted by molar-refractivity contribution is 6.07. The average Bonchev–Trinajstić information content (AvgIpc) is 2.71. The average molecular weight is 361 g/mol. The smallest absolute Gasteiger partial charge is 0.267 e. The van der Waals surface area contributed by atoms with Gasteiger partial charge in [-0.2, -0.15) is 5.26 Å². The van der Waals surface area contributed by atoms with E-state index >= 15 is 0 Å². The number of carbonyl (C=O) groups excluding carboxylic acids is 1. The summed E-state index contributed by atoms with van der Waals surface area (Å²) in [6, 6.07) is 18.3. The Hall–Kier alpha value is -3.06. The van der Waals surface area contributed by atoms with E-state index < -0.39 is 0 Å². The van der Waals surface area contributed by atoms with Crippen LogP contribution in [-0.4, -0.2) is 12.5 Å². The maximum Gasteiger partial charge on any atom is 0.267 e. The lowest BCUT2D eigenvalue weighted by molar-refractivity contribution is -0.112. The van der Waals surface area contributed by atoms with Gasteiger partial charge in [-0.1, -0.05) is 62.4 Å². The highest BCUT2D eigenvalue weighted by Gasteiger charge is 2.13. The Bertz CT molecular complexity index is 797. The van der Waals surface area contributed by atoms with E-state index in [1.165, 1.54) is 11.8 Å². The number of hydrogen-bond donors (Lipinski definition) is 2. The zero-order chi connectivity index (χ0) is 19.5. The quantitative estimate of drug-likeness (QED) is 0.396. The number of rotatable bonds is 9. The summed E-state index contributed by atoms with van der Waals surface area (Å²) in [4.78, 5) is 12.5. The van der Waals surface area contributed by atoms with Crippen LogP contribution < -0.4 is 10.6 Å². The molecule has 140 valence electrons. The van der Waals surface area contributed by atoms with Crippen molar-refractivity contribution in [3.05, 3.63) is 77.0 Å². The van der Waals surface area contributed by atoms with E-state index in [9.17, 15) is 10.1 Å². The standard InChI is InChI=1S/C23H27N3O/c1-3-19-13-8-14-20(4-2)22(19)26-23(27)21(16-24)17-25-15-9-12-18-10-6-5-7-11-18/h5-8,10-11,13-14,17,25H,3-4,9,12,15H2,1-2H3,(H,26,27)/b21-17-. The van der Waals surface area contributed by atoms with Gasteiger partial charge in [-0.15, -0.1) is 0 Å². The van der Waals surface area contributed by atoms with Crippen molar-refractivity contribution in [3.8, 4) is 6.07 Å². The summed E-state index contributed by atoms with van der Waals surface area (Å²) in [5, 5.41) is 15.4. The molecule has 0 unspecified atom stereocenters. The second kappa shape index (κ2) is 10.8. The van der Waals surface area contributed by atoms with Crippen molar-refractivity contribution < 1.29 is 4.79 Å². The van der Waals surface area contributed by atoms with Gasteiger partial charge in [0.25, 0.3) is 5.91 Å². The first-order chi connectivity index (χ1) is 13.2. The highest BCUT2D eigenvalue weighted by Crippen LogP contribution is 2.23. The maximum atomic E-state index is 12.5. The molecule has 2 aromatic carbocycles. The number of amides is 1. The van der Waals surface area contributed by atoms with Gasteiger partial charge >= 0.3 is 0 Å². The lowest BCUT2D eigenvalue weighted by atomic mass is 10.0. The van der Waals surface area contributed by atoms with E-state index in [-0.39, 0.29) is 11.5 Å². The molecule has 4 heteroatoms. The van der Waals surface area contributed by atoms with Gasteiger partial charge in [0.1, 0.15) is 11.6 Å². The summed E-state index contributed by atoms with van der Waals surface area (Å²) in [6.45, 7) is 4.82. The lowest BCUT2D eigenvalue weighted by Gasteiger charge is -2.14. The highest BCUT2D eigenvalue weighted by atomic mass is 16.1. The van der Waals surface area contributed by atoms with Crippen molar-refractivity contribution in [3.63, 3.8) is 0 Å². The fourth-order valence-corrected chi connectivity index (χ4v) is 2.95. The number of para-hydroxylation sites is 1. The van der Waals surface area contributed by atoms with Gasteiger partial charge in [0.2, 0.25) is 0 Å². The van der Waals surface area contributed by atoms with E-state index in [2.05, 4.69) is 36.6 Å². The van der Waals surface area contributed by atoms with Gasteiger partial charge in [-0.05, 0) is 42.4 Å². The van der Waals surface area contributed by atoms with Crippen LogP contribution in [0, 0.1) is 11.3 Å². The van der Waals surface area contributed by atoms with Crippen LogP contribution in [0.4, 0.5) is 5.69 Å². The summed E-state index contributed by atoms with van der Waals surface area (Å²) in [7, 11) is 0. The minimum absolute atomic E-state index is 0.0858. The maximum absolute atomic E-state index is 12.5. The van der Waals surface area contributed by atoms with E-state index in [1.54, 1.807) is 0 Å². The third-order valence-corrected chi connectivity index (χ3v) is 4.48. The van der Waals surface area contributed by atoms with E-state index in [1.807, 2.05) is 42.5 Å². The molecule has 0 saturated heterocycles. The van der Waals surface area contributed by atoms with Crippen molar-refractivity contribution in [2.45, 2.75) is 39.5 Å². The predicted octanol–water partition coefficient (Wildman–Crippen LogP) is 4.38. The van der Waals surface area contributed by atoms with Gasteiger partial charge in [-0.25, -0.2) is 0 Å². The molecule has 0 saturated carbocycles. The number of carbonyl (C=O) groups is 1. The van der Waals surface area contributed by atoms with Crippen LogP contribution in [-0.2, 0) is 24.1 Å². The zero-order valence-corrected chi connectivity index (χ0v) is 16.1. The van der Waals surface area contributed by atoms with Gasteiger partial charge in [0.15, 0.2) is 0 Å². The molecular weight excluding hydrogens is 334 g/mol. The topological polar surface area (TPSA) is 64.9 Å². The van der Waals surface area contributed by atoms with Gasteiger partial charge in [-0.3, -0.25) is 4.79 Å². The molecule has 0 radical (unpaired) electrons. The zero-order valence-electron chi connectivity index (χ0n) is 16.1. The molecule has 0 atom stereocenters. The molecule has 0 spiro atoms. The van der Waals surface area contributed by atoms with Crippen LogP contribution in [0.1, 0.15) is 37.0 Å². The van der Waals surface area contributed by atoms with Crippen LogP contribution in [0.3, 0.4) is 0 Å². The molecule has 0 aliphatic rings. The molecule has 0 aromatic heterocycles. The fourth-order valence-electron chi connectivity index (χ4n) is 2.95. The number of hydrogen-bond acceptors (Lipinski definition) is 3. The molecule has 0 aliphatic heterocycles. The van der Waals surface area contributed by atoms with E-state index in [0.29, 0.717) is 6.54 Å². The minimum Gasteiger partial charge on any atom is -0.390 e. The number of aryl methyl sites for hydroxylation is 3. The van der Waals surface area contributed by atoms with Crippen LogP contribution in [0.5, 0.6) is 0 Å². The number of nitriles is 1. The van der Waals surface area contributed by atoms with Crippen molar-refractivity contribution in [1.82, 2.24) is 5.32 Å². The molecule has 2 aromatic rings. The van der Waals surface area contributed by atoms with Crippen LogP contribution in [0.25, 0.3) is 0 Å². The second-order valence-electron chi connectivity index (χ2n) is 6.33. The first-order valence-corrected chi connectivity index (χ1v) is 9.49. The Balaban J connectivity index is 1.94. The molecule has 0 fully saturated rings. The first kappa shape index (κ1) is 20.3. The number of nitrogens with zero attached hydrogens (tertiary/aromatic N) is 1.